The summed E-state index contributed by atoms with van der Waals surface area (Å²) in [6.45, 7) is 18.2. The molecule has 156 valence electrons. The molecule has 5 heteroatoms. The van der Waals surface area contributed by atoms with Crippen molar-refractivity contribution in [2.75, 3.05) is 0 Å². The Balaban J connectivity index is 5.35. The van der Waals surface area contributed by atoms with E-state index in [0.717, 1.165) is 6.29 Å². The molecule has 0 aliphatic carbocycles. The zero-order valence-electron chi connectivity index (χ0n) is 18.4. The number of hydrogen-bond acceptors (Lipinski definition) is 5. The molecule has 4 atom stereocenters. The average Bonchev–Trinajstić information content (AvgIpc) is 2.48. The highest BCUT2D eigenvalue weighted by Gasteiger charge is 2.31. The van der Waals surface area contributed by atoms with Crippen molar-refractivity contribution < 1.29 is 23.7 Å². The molecule has 0 radical (unpaired) electrons. The molecule has 0 amide bonds. The van der Waals surface area contributed by atoms with E-state index in [1.165, 1.54) is 0 Å². The van der Waals surface area contributed by atoms with Crippen LogP contribution in [0, 0.1) is 0 Å². The van der Waals surface area contributed by atoms with Crippen molar-refractivity contribution in [1.29, 1.82) is 0 Å². The predicted molar refractivity (Wildman–Crippen MR) is 106 cm³/mol. The van der Waals surface area contributed by atoms with Gasteiger partial charge in [-0.3, -0.25) is 0 Å². The van der Waals surface area contributed by atoms with E-state index < -0.39 is 0 Å². The van der Waals surface area contributed by atoms with Gasteiger partial charge in [0.2, 0.25) is 0 Å². The third kappa shape index (κ3) is 12.0. The fourth-order valence-corrected chi connectivity index (χ4v) is 3.02. The van der Waals surface area contributed by atoms with E-state index in [-0.39, 0.29) is 48.8 Å². The number of carbonyl (C=O) groups is 1. The van der Waals surface area contributed by atoms with Crippen molar-refractivity contribution >= 4 is 6.29 Å². The maximum atomic E-state index is 10.9. The molecule has 0 spiro atoms. The van der Waals surface area contributed by atoms with Crippen molar-refractivity contribution in [1.82, 2.24) is 0 Å². The first-order chi connectivity index (χ1) is 12.1. The number of ether oxygens (including phenoxy) is 4. The van der Waals surface area contributed by atoms with Crippen molar-refractivity contribution in [2.45, 2.75) is 130 Å². The standard InChI is InChI=1S/C21H42O5/c1-14(2)23-18(9)20(25-16(5)6)13-21(26-17(7)8)19(11-10-12-22)24-15(3)4/h12,14-21H,10-11,13H2,1-9H3. The third-order valence-corrected chi connectivity index (χ3v) is 3.80. The van der Waals surface area contributed by atoms with Crippen LogP contribution in [0.3, 0.4) is 0 Å². The summed E-state index contributed by atoms with van der Waals surface area (Å²) >= 11 is 0. The van der Waals surface area contributed by atoms with E-state index in [1.807, 2.05) is 62.3 Å². The van der Waals surface area contributed by atoms with Gasteiger partial charge in [-0.25, -0.2) is 0 Å². The lowest BCUT2D eigenvalue weighted by Crippen LogP contribution is -2.43. The lowest BCUT2D eigenvalue weighted by Gasteiger charge is -2.35. The average molecular weight is 375 g/mol. The van der Waals surface area contributed by atoms with Crippen molar-refractivity contribution in [3.63, 3.8) is 0 Å². The number of rotatable bonds is 15. The van der Waals surface area contributed by atoms with Gasteiger partial charge >= 0.3 is 0 Å². The topological polar surface area (TPSA) is 54.0 Å². The summed E-state index contributed by atoms with van der Waals surface area (Å²) in [6, 6.07) is 0. The first-order valence-corrected chi connectivity index (χ1v) is 10.1. The van der Waals surface area contributed by atoms with Gasteiger partial charge in [-0.05, 0) is 68.7 Å². The van der Waals surface area contributed by atoms with Gasteiger partial charge < -0.3 is 23.7 Å². The van der Waals surface area contributed by atoms with Crippen molar-refractivity contribution in [3.05, 3.63) is 0 Å². The minimum atomic E-state index is -0.153. The highest BCUT2D eigenvalue weighted by molar-refractivity contribution is 5.49. The van der Waals surface area contributed by atoms with Gasteiger partial charge in [0.05, 0.1) is 48.8 Å². The van der Waals surface area contributed by atoms with Crippen molar-refractivity contribution in [2.24, 2.45) is 0 Å². The minimum Gasteiger partial charge on any atom is -0.373 e. The number of carbonyl (C=O) groups excluding carboxylic acids is 1. The predicted octanol–water partition coefficient (Wildman–Crippen LogP) is 4.55. The zero-order valence-corrected chi connectivity index (χ0v) is 18.4. The van der Waals surface area contributed by atoms with Gasteiger partial charge in [0.1, 0.15) is 6.29 Å². The Bertz CT molecular complexity index is 354. The van der Waals surface area contributed by atoms with E-state index in [1.54, 1.807) is 0 Å². The van der Waals surface area contributed by atoms with Gasteiger partial charge in [0.25, 0.3) is 0 Å². The van der Waals surface area contributed by atoms with Gasteiger partial charge in [-0.15, -0.1) is 0 Å². The number of hydrogen-bond donors (Lipinski definition) is 0. The molecule has 5 nitrogen and oxygen atoms in total. The van der Waals surface area contributed by atoms with E-state index in [4.69, 9.17) is 18.9 Å². The molecule has 0 aliphatic rings. The van der Waals surface area contributed by atoms with E-state index >= 15 is 0 Å². The quantitative estimate of drug-likeness (QED) is 0.394. The summed E-state index contributed by atoms with van der Waals surface area (Å²) in [6.07, 6.45) is 2.62. The number of aldehydes is 1. The highest BCUT2D eigenvalue weighted by atomic mass is 16.6. The maximum absolute atomic E-state index is 10.9. The monoisotopic (exact) mass is 374 g/mol. The molecular weight excluding hydrogens is 332 g/mol. The summed E-state index contributed by atoms with van der Waals surface area (Å²) in [5.74, 6) is 0. The normalized spacial score (nSPS) is 17.1. The summed E-state index contributed by atoms with van der Waals surface area (Å²) in [5.41, 5.74) is 0. The van der Waals surface area contributed by atoms with E-state index in [9.17, 15) is 4.79 Å². The van der Waals surface area contributed by atoms with Crippen LogP contribution in [0.1, 0.15) is 81.6 Å². The van der Waals surface area contributed by atoms with Gasteiger partial charge in [0, 0.05) is 12.8 Å². The summed E-state index contributed by atoms with van der Waals surface area (Å²) < 4.78 is 24.4. The van der Waals surface area contributed by atoms with Crippen LogP contribution in [0.25, 0.3) is 0 Å². The Labute approximate surface area is 161 Å². The van der Waals surface area contributed by atoms with Crippen LogP contribution in [0.2, 0.25) is 0 Å². The van der Waals surface area contributed by atoms with Crippen LogP contribution in [0.5, 0.6) is 0 Å². The Morgan fingerprint density at radius 3 is 1.46 bits per heavy atom. The lowest BCUT2D eigenvalue weighted by atomic mass is 9.99. The Morgan fingerprint density at radius 2 is 1.04 bits per heavy atom. The molecule has 0 saturated heterocycles. The molecule has 0 aromatic rings. The van der Waals surface area contributed by atoms with Crippen LogP contribution in [-0.2, 0) is 23.7 Å². The van der Waals surface area contributed by atoms with Gasteiger partial charge in [-0.2, -0.15) is 0 Å². The van der Waals surface area contributed by atoms with E-state index in [2.05, 4.69) is 0 Å². The SMILES string of the molecule is CC(C)OC(C)C(CC(OC(C)C)C(CCC=O)OC(C)C)OC(C)C. The van der Waals surface area contributed by atoms with Crippen LogP contribution >= 0.6 is 0 Å². The fraction of sp³-hybridized carbons (Fsp3) is 0.952. The second-order valence-corrected chi connectivity index (χ2v) is 8.04. The Hall–Kier alpha value is -0.490. The van der Waals surface area contributed by atoms with Crippen LogP contribution in [0.4, 0.5) is 0 Å². The summed E-state index contributed by atoms with van der Waals surface area (Å²) in [4.78, 5) is 10.9. The second-order valence-electron chi connectivity index (χ2n) is 8.04. The molecule has 0 heterocycles. The zero-order chi connectivity index (χ0) is 20.3. The van der Waals surface area contributed by atoms with E-state index in [0.29, 0.717) is 19.3 Å². The second kappa shape index (κ2) is 13.6. The molecule has 0 bridgehead atoms. The summed E-state index contributed by atoms with van der Waals surface area (Å²) in [7, 11) is 0. The fourth-order valence-electron chi connectivity index (χ4n) is 3.02. The Kier molecular flexibility index (Phi) is 13.4. The lowest BCUT2D eigenvalue weighted by molar-refractivity contribution is -0.157. The Morgan fingerprint density at radius 1 is 0.615 bits per heavy atom. The van der Waals surface area contributed by atoms with Crippen LogP contribution < -0.4 is 0 Å². The molecule has 4 unspecified atom stereocenters. The molecule has 0 fully saturated rings. The molecule has 0 rings (SSSR count). The molecule has 0 saturated carbocycles. The maximum Gasteiger partial charge on any atom is 0.120 e. The largest absolute Gasteiger partial charge is 0.373 e. The molecule has 0 aromatic carbocycles. The smallest absolute Gasteiger partial charge is 0.120 e. The van der Waals surface area contributed by atoms with Gasteiger partial charge in [0.15, 0.2) is 0 Å². The molecule has 26 heavy (non-hydrogen) atoms. The van der Waals surface area contributed by atoms with Crippen LogP contribution in [-0.4, -0.2) is 55.1 Å². The van der Waals surface area contributed by atoms with Gasteiger partial charge in [-0.1, -0.05) is 0 Å². The third-order valence-electron chi connectivity index (χ3n) is 3.80. The minimum absolute atomic E-state index is 0.0542. The first-order valence-electron chi connectivity index (χ1n) is 10.1. The molecule has 0 N–H and O–H groups in total. The summed E-state index contributed by atoms with van der Waals surface area (Å²) in [5, 5.41) is 0. The molecule has 0 aliphatic heterocycles. The molecule has 0 aromatic heterocycles. The highest BCUT2D eigenvalue weighted by Crippen LogP contribution is 2.23. The molecular formula is C21H42O5. The van der Waals surface area contributed by atoms with Crippen LogP contribution in [0.15, 0.2) is 0 Å². The van der Waals surface area contributed by atoms with Crippen molar-refractivity contribution in [3.8, 4) is 0 Å². The first kappa shape index (κ1) is 25.5.